The summed E-state index contributed by atoms with van der Waals surface area (Å²) in [6.45, 7) is 2.18. The van der Waals surface area contributed by atoms with Gasteiger partial charge in [-0.1, -0.05) is 30.3 Å². The molecule has 1 N–H and O–H groups in total. The zero-order valence-corrected chi connectivity index (χ0v) is 17.8. The molecule has 0 radical (unpaired) electrons. The predicted molar refractivity (Wildman–Crippen MR) is 117 cm³/mol. The highest BCUT2D eigenvalue weighted by atomic mass is 19.1. The van der Waals surface area contributed by atoms with E-state index in [9.17, 15) is 4.79 Å². The van der Waals surface area contributed by atoms with Gasteiger partial charge in [-0.25, -0.2) is 14.2 Å². The summed E-state index contributed by atoms with van der Waals surface area (Å²) in [6.07, 6.45) is 6.24. The smallest absolute Gasteiger partial charge is 0.357 e. The van der Waals surface area contributed by atoms with E-state index in [2.05, 4.69) is 10.3 Å². The maximum absolute atomic E-state index is 15.1. The number of rotatable bonds is 4. The minimum atomic E-state index is -1.30. The first kappa shape index (κ1) is 20.0. The van der Waals surface area contributed by atoms with Crippen molar-refractivity contribution in [1.82, 2.24) is 0 Å². The van der Waals surface area contributed by atoms with Gasteiger partial charge >= 0.3 is 5.97 Å². The van der Waals surface area contributed by atoms with Crippen molar-refractivity contribution < 1.29 is 18.7 Å². The van der Waals surface area contributed by atoms with Gasteiger partial charge in [-0.05, 0) is 74.1 Å². The first-order chi connectivity index (χ1) is 15.1. The summed E-state index contributed by atoms with van der Waals surface area (Å²) in [5.74, 6) is -0.458. The van der Waals surface area contributed by atoms with Crippen LogP contribution >= 0.6 is 0 Å². The number of nitrogens with zero attached hydrogens (tertiary/aromatic N) is 1. The van der Waals surface area contributed by atoms with Crippen molar-refractivity contribution in [1.29, 1.82) is 0 Å². The van der Waals surface area contributed by atoms with Gasteiger partial charge in [-0.15, -0.1) is 0 Å². The third-order valence-corrected chi connectivity index (χ3v) is 6.61. The standard InChI is InChI=1S/C25H27FN2O3/c1-2-30-23(29)25(16-9-4-3-5-10-16)15-27-24(31-25)28-22-19-12-7-6-11-17(19)21(26)18-13-8-14-20(18)22/h3-5,9-10H,2,6-8,11-15H2,1H3,(H,27,28). The lowest BCUT2D eigenvalue weighted by Crippen LogP contribution is -2.41. The Bertz CT molecular complexity index is 1050. The van der Waals surface area contributed by atoms with E-state index in [4.69, 9.17) is 9.47 Å². The van der Waals surface area contributed by atoms with Gasteiger partial charge in [0.05, 0.1) is 13.2 Å². The van der Waals surface area contributed by atoms with Crippen molar-refractivity contribution in [3.63, 3.8) is 0 Å². The third-order valence-electron chi connectivity index (χ3n) is 6.61. The predicted octanol–water partition coefficient (Wildman–Crippen LogP) is 4.45. The van der Waals surface area contributed by atoms with Crippen molar-refractivity contribution in [2.24, 2.45) is 4.99 Å². The number of hydrogen-bond donors (Lipinski definition) is 1. The van der Waals surface area contributed by atoms with E-state index >= 15 is 4.39 Å². The maximum Gasteiger partial charge on any atom is 0.357 e. The number of fused-ring (bicyclic) bond motifs is 2. The van der Waals surface area contributed by atoms with Crippen LogP contribution in [0.5, 0.6) is 0 Å². The SMILES string of the molecule is CCOC(=O)C1(c2ccccc2)CN=C(Nc2c3c(c(F)c4c2CCC4)CCCC3)O1. The Hall–Kier alpha value is -2.89. The molecule has 0 bridgehead atoms. The minimum Gasteiger partial charge on any atom is -0.463 e. The van der Waals surface area contributed by atoms with Gasteiger partial charge in [0.2, 0.25) is 0 Å². The fourth-order valence-corrected chi connectivity index (χ4v) is 5.11. The Morgan fingerprint density at radius 3 is 2.42 bits per heavy atom. The van der Waals surface area contributed by atoms with Crippen LogP contribution in [0, 0.1) is 5.82 Å². The van der Waals surface area contributed by atoms with E-state index in [0.29, 0.717) is 11.6 Å². The number of esters is 1. The molecule has 5 nitrogen and oxygen atoms in total. The number of carbonyl (C=O) groups is 1. The number of aliphatic imine (C=N–C) groups is 1. The molecule has 2 aromatic carbocycles. The number of halogens is 1. The molecule has 0 spiro atoms. The van der Waals surface area contributed by atoms with Gasteiger partial charge in [0.15, 0.2) is 0 Å². The molecular weight excluding hydrogens is 395 g/mol. The Morgan fingerprint density at radius 1 is 1.06 bits per heavy atom. The van der Waals surface area contributed by atoms with Gasteiger partial charge < -0.3 is 14.8 Å². The fraction of sp³-hybridized carbons (Fsp3) is 0.440. The van der Waals surface area contributed by atoms with E-state index in [1.165, 1.54) is 0 Å². The second-order valence-corrected chi connectivity index (χ2v) is 8.43. The molecule has 0 aromatic heterocycles. The monoisotopic (exact) mass is 422 g/mol. The molecule has 1 aliphatic heterocycles. The van der Waals surface area contributed by atoms with Crippen molar-refractivity contribution in [2.45, 2.75) is 57.5 Å². The average Bonchev–Trinajstić information content (AvgIpc) is 3.46. The van der Waals surface area contributed by atoms with E-state index in [1.54, 1.807) is 6.92 Å². The highest BCUT2D eigenvalue weighted by Gasteiger charge is 2.49. The maximum atomic E-state index is 15.1. The molecular formula is C25H27FN2O3. The molecule has 3 aliphatic rings. The summed E-state index contributed by atoms with van der Waals surface area (Å²) < 4.78 is 26.7. The molecule has 0 amide bonds. The zero-order chi connectivity index (χ0) is 21.4. The van der Waals surface area contributed by atoms with Gasteiger partial charge in [0.1, 0.15) is 5.82 Å². The molecule has 2 aromatic rings. The van der Waals surface area contributed by atoms with Gasteiger partial charge in [0, 0.05) is 11.3 Å². The second kappa shape index (κ2) is 7.98. The van der Waals surface area contributed by atoms with E-state index < -0.39 is 11.6 Å². The van der Waals surface area contributed by atoms with Crippen LogP contribution in [0.3, 0.4) is 0 Å². The van der Waals surface area contributed by atoms with Gasteiger partial charge in [-0.2, -0.15) is 0 Å². The largest absolute Gasteiger partial charge is 0.463 e. The van der Waals surface area contributed by atoms with Gasteiger partial charge in [0.25, 0.3) is 11.6 Å². The van der Waals surface area contributed by atoms with Crippen LogP contribution in [0.2, 0.25) is 0 Å². The Balaban J connectivity index is 1.50. The third kappa shape index (κ3) is 3.29. The number of hydrogen-bond acceptors (Lipinski definition) is 5. The van der Waals surface area contributed by atoms with E-state index in [0.717, 1.165) is 72.9 Å². The number of ether oxygens (including phenoxy) is 2. The van der Waals surface area contributed by atoms with Crippen LogP contribution in [-0.4, -0.2) is 25.1 Å². The number of nitrogens with one attached hydrogen (secondary N) is 1. The van der Waals surface area contributed by atoms with Crippen molar-refractivity contribution >= 4 is 17.7 Å². The molecule has 6 heteroatoms. The van der Waals surface area contributed by atoms with Crippen LogP contribution < -0.4 is 5.32 Å². The summed E-state index contributed by atoms with van der Waals surface area (Å²) in [4.78, 5) is 17.5. The molecule has 162 valence electrons. The Morgan fingerprint density at radius 2 is 1.71 bits per heavy atom. The normalized spacial score (nSPS) is 21.7. The first-order valence-electron chi connectivity index (χ1n) is 11.2. The van der Waals surface area contributed by atoms with Crippen LogP contribution in [0.4, 0.5) is 10.1 Å². The first-order valence-corrected chi connectivity index (χ1v) is 11.2. The lowest BCUT2D eigenvalue weighted by atomic mass is 9.86. The highest BCUT2D eigenvalue weighted by molar-refractivity contribution is 5.97. The number of amidine groups is 1. The molecule has 1 unspecified atom stereocenters. The Labute approximate surface area is 181 Å². The second-order valence-electron chi connectivity index (χ2n) is 8.43. The van der Waals surface area contributed by atoms with Crippen molar-refractivity contribution in [3.05, 3.63) is 64.0 Å². The molecule has 31 heavy (non-hydrogen) atoms. The summed E-state index contributed by atoms with van der Waals surface area (Å²) in [6, 6.07) is 9.64. The highest BCUT2D eigenvalue weighted by Crippen LogP contribution is 2.41. The van der Waals surface area contributed by atoms with Crippen molar-refractivity contribution in [2.75, 3.05) is 18.5 Å². The lowest BCUT2D eigenvalue weighted by Gasteiger charge is -2.28. The molecule has 5 rings (SSSR count). The fourth-order valence-electron chi connectivity index (χ4n) is 5.11. The molecule has 0 saturated carbocycles. The minimum absolute atomic E-state index is 0.00724. The summed E-state index contributed by atoms with van der Waals surface area (Å²) in [5.41, 5.74) is 4.11. The summed E-state index contributed by atoms with van der Waals surface area (Å²) >= 11 is 0. The quantitative estimate of drug-likeness (QED) is 0.740. The number of anilines is 1. The number of benzene rings is 2. The van der Waals surface area contributed by atoms with Crippen LogP contribution in [0.15, 0.2) is 35.3 Å². The molecule has 0 fully saturated rings. The molecule has 1 heterocycles. The van der Waals surface area contributed by atoms with Crippen molar-refractivity contribution in [3.8, 4) is 0 Å². The van der Waals surface area contributed by atoms with Crippen LogP contribution in [-0.2, 0) is 45.6 Å². The summed E-state index contributed by atoms with van der Waals surface area (Å²) in [7, 11) is 0. The van der Waals surface area contributed by atoms with E-state index in [1.807, 2.05) is 30.3 Å². The average molecular weight is 423 g/mol. The zero-order valence-electron chi connectivity index (χ0n) is 17.8. The lowest BCUT2D eigenvalue weighted by molar-refractivity contribution is -0.161. The van der Waals surface area contributed by atoms with Gasteiger partial charge in [-0.3, -0.25) is 0 Å². The Kier molecular flexibility index (Phi) is 5.16. The topological polar surface area (TPSA) is 59.9 Å². The number of carbonyl (C=O) groups excluding carboxylic acids is 1. The summed E-state index contributed by atoms with van der Waals surface area (Å²) in [5, 5.41) is 3.37. The van der Waals surface area contributed by atoms with Crippen LogP contribution in [0.1, 0.15) is 54.0 Å². The molecule has 2 aliphatic carbocycles. The molecule has 0 saturated heterocycles. The molecule has 1 atom stereocenters. The van der Waals surface area contributed by atoms with Crippen LogP contribution in [0.25, 0.3) is 0 Å². The van der Waals surface area contributed by atoms with E-state index in [-0.39, 0.29) is 19.0 Å².